The Morgan fingerprint density at radius 1 is 1.64 bits per heavy atom. The average Bonchev–Trinajstić information content (AvgIpc) is 2.07. The van der Waals surface area contributed by atoms with Gasteiger partial charge >= 0.3 is 5.82 Å². The molecule has 0 radical (unpaired) electrons. The van der Waals surface area contributed by atoms with Crippen molar-refractivity contribution in [1.82, 2.24) is 4.98 Å². The molecule has 0 aliphatic carbocycles. The molecule has 0 amide bonds. The number of halogens is 3. The van der Waals surface area contributed by atoms with Gasteiger partial charge in [0.2, 0.25) is 0 Å². The molecule has 0 aromatic carbocycles. The Hall–Kier alpha value is -0.860. The zero-order chi connectivity index (χ0) is 10.9. The topological polar surface area (TPSA) is 56.0 Å². The molecule has 0 atom stereocenters. The van der Waals surface area contributed by atoms with E-state index in [4.69, 9.17) is 0 Å². The lowest BCUT2D eigenvalue weighted by Gasteiger charge is -2.02. The highest BCUT2D eigenvalue weighted by Crippen LogP contribution is 2.27. The van der Waals surface area contributed by atoms with E-state index in [0.717, 1.165) is 6.07 Å². The maximum absolute atomic E-state index is 12.3. The largest absolute Gasteiger partial charge is 0.377 e. The smallest absolute Gasteiger partial charge is 0.358 e. The van der Waals surface area contributed by atoms with Crippen LogP contribution in [0.25, 0.3) is 0 Å². The van der Waals surface area contributed by atoms with Crippen LogP contribution in [0, 0.1) is 20.6 Å². The minimum atomic E-state index is -2.66. The Morgan fingerprint density at radius 3 is 2.64 bits per heavy atom. The standard InChI is InChI=1S/C7H5F2IN2O2/c1-3-4(6(8)9)2-5(10)7(11-3)12(13)14/h2,6H,1H3. The number of nitro groups is 1. The summed E-state index contributed by atoms with van der Waals surface area (Å²) in [6.45, 7) is 1.32. The van der Waals surface area contributed by atoms with E-state index in [2.05, 4.69) is 4.98 Å². The van der Waals surface area contributed by atoms with Crippen LogP contribution >= 0.6 is 22.6 Å². The normalized spacial score (nSPS) is 10.6. The average molecular weight is 314 g/mol. The molecular weight excluding hydrogens is 309 g/mol. The highest BCUT2D eigenvalue weighted by atomic mass is 127. The lowest BCUT2D eigenvalue weighted by molar-refractivity contribution is -0.390. The third-order valence-electron chi connectivity index (χ3n) is 1.60. The van der Waals surface area contributed by atoms with Crippen LogP contribution < -0.4 is 0 Å². The molecule has 76 valence electrons. The number of pyridine rings is 1. The first-order valence-corrected chi connectivity index (χ1v) is 4.61. The number of alkyl halides is 2. The summed E-state index contributed by atoms with van der Waals surface area (Å²) < 4.78 is 24.8. The van der Waals surface area contributed by atoms with Crippen molar-refractivity contribution in [1.29, 1.82) is 0 Å². The fraction of sp³-hybridized carbons (Fsp3) is 0.286. The molecule has 0 N–H and O–H groups in total. The first-order chi connectivity index (χ1) is 6.43. The summed E-state index contributed by atoms with van der Waals surface area (Å²) in [6, 6.07) is 1.09. The van der Waals surface area contributed by atoms with E-state index in [1.165, 1.54) is 6.92 Å². The van der Waals surface area contributed by atoms with Gasteiger partial charge in [0.15, 0.2) is 5.69 Å². The molecule has 0 bridgehead atoms. The lowest BCUT2D eigenvalue weighted by atomic mass is 10.2. The number of rotatable bonds is 2. The molecule has 4 nitrogen and oxygen atoms in total. The molecule has 1 aromatic rings. The third-order valence-corrected chi connectivity index (χ3v) is 2.39. The van der Waals surface area contributed by atoms with E-state index >= 15 is 0 Å². The van der Waals surface area contributed by atoms with Gasteiger partial charge in [0, 0.05) is 6.92 Å². The van der Waals surface area contributed by atoms with Crippen molar-refractivity contribution in [3.63, 3.8) is 0 Å². The summed E-state index contributed by atoms with van der Waals surface area (Å²) in [7, 11) is 0. The van der Waals surface area contributed by atoms with E-state index in [1.807, 2.05) is 0 Å². The second-order valence-electron chi connectivity index (χ2n) is 2.53. The van der Waals surface area contributed by atoms with Gasteiger partial charge in [-0.2, -0.15) is 0 Å². The van der Waals surface area contributed by atoms with Crippen LogP contribution in [-0.2, 0) is 0 Å². The summed E-state index contributed by atoms with van der Waals surface area (Å²) in [4.78, 5) is 13.2. The number of hydrogen-bond acceptors (Lipinski definition) is 3. The van der Waals surface area contributed by atoms with Crippen LogP contribution in [0.15, 0.2) is 6.07 Å². The minimum Gasteiger partial charge on any atom is -0.358 e. The summed E-state index contributed by atoms with van der Waals surface area (Å²) in [6.07, 6.45) is -2.66. The van der Waals surface area contributed by atoms with Crippen LogP contribution in [0.2, 0.25) is 0 Å². The van der Waals surface area contributed by atoms with Crippen molar-refractivity contribution in [2.45, 2.75) is 13.3 Å². The molecule has 1 heterocycles. The molecule has 1 rings (SSSR count). The number of aryl methyl sites for hydroxylation is 1. The second kappa shape index (κ2) is 4.11. The monoisotopic (exact) mass is 314 g/mol. The summed E-state index contributed by atoms with van der Waals surface area (Å²) in [5.41, 5.74) is -0.271. The number of hydrogen-bond donors (Lipinski definition) is 0. The maximum atomic E-state index is 12.3. The predicted octanol–water partition coefficient (Wildman–Crippen LogP) is 2.84. The minimum absolute atomic E-state index is 0.00730. The van der Waals surface area contributed by atoms with Gasteiger partial charge in [-0.05, 0) is 38.6 Å². The Bertz CT molecular complexity index is 384. The second-order valence-corrected chi connectivity index (χ2v) is 3.69. The van der Waals surface area contributed by atoms with Crippen LogP contribution in [0.3, 0.4) is 0 Å². The Balaban J connectivity index is 3.31. The van der Waals surface area contributed by atoms with E-state index in [9.17, 15) is 18.9 Å². The predicted molar refractivity (Wildman–Crippen MR) is 53.3 cm³/mol. The Morgan fingerprint density at radius 2 is 2.21 bits per heavy atom. The molecule has 0 aliphatic rings. The molecular formula is C7H5F2IN2O2. The highest BCUT2D eigenvalue weighted by molar-refractivity contribution is 14.1. The van der Waals surface area contributed by atoms with Crippen molar-refractivity contribution >= 4 is 28.4 Å². The van der Waals surface area contributed by atoms with Crippen molar-refractivity contribution in [3.8, 4) is 0 Å². The molecule has 0 saturated heterocycles. The van der Waals surface area contributed by atoms with Crippen molar-refractivity contribution in [2.75, 3.05) is 0 Å². The number of aromatic nitrogens is 1. The third kappa shape index (κ3) is 2.14. The van der Waals surface area contributed by atoms with Gasteiger partial charge in [-0.15, -0.1) is 0 Å². The molecule has 14 heavy (non-hydrogen) atoms. The van der Waals surface area contributed by atoms with Gasteiger partial charge in [0.25, 0.3) is 6.43 Å². The van der Waals surface area contributed by atoms with Crippen molar-refractivity contribution < 1.29 is 13.7 Å². The first kappa shape index (κ1) is 11.2. The zero-order valence-corrected chi connectivity index (χ0v) is 9.16. The lowest BCUT2D eigenvalue weighted by Crippen LogP contribution is -2.01. The van der Waals surface area contributed by atoms with Crippen molar-refractivity contribution in [3.05, 3.63) is 31.0 Å². The fourth-order valence-electron chi connectivity index (χ4n) is 0.931. The molecule has 0 aliphatic heterocycles. The van der Waals surface area contributed by atoms with E-state index in [0.29, 0.717) is 0 Å². The van der Waals surface area contributed by atoms with E-state index < -0.39 is 11.3 Å². The van der Waals surface area contributed by atoms with Gasteiger partial charge in [-0.1, -0.05) is 0 Å². The SMILES string of the molecule is Cc1nc([N+](=O)[O-])c(I)cc1C(F)F. The van der Waals surface area contributed by atoms with Gasteiger partial charge in [0.05, 0.1) is 5.56 Å². The van der Waals surface area contributed by atoms with Gasteiger partial charge in [-0.3, -0.25) is 0 Å². The number of nitrogens with zero attached hydrogens (tertiary/aromatic N) is 2. The van der Waals surface area contributed by atoms with Crippen LogP contribution in [0.1, 0.15) is 17.7 Å². The van der Waals surface area contributed by atoms with Gasteiger partial charge in [-0.25, -0.2) is 8.78 Å². The zero-order valence-electron chi connectivity index (χ0n) is 7.00. The maximum Gasteiger partial charge on any atom is 0.377 e. The summed E-state index contributed by atoms with van der Waals surface area (Å²) >= 11 is 1.61. The van der Waals surface area contributed by atoms with Crippen molar-refractivity contribution in [2.24, 2.45) is 0 Å². The van der Waals surface area contributed by atoms with E-state index in [-0.39, 0.29) is 20.6 Å². The van der Waals surface area contributed by atoms with Crippen LogP contribution in [-0.4, -0.2) is 9.91 Å². The molecule has 0 unspecified atom stereocenters. The quantitative estimate of drug-likeness (QED) is 0.479. The molecule has 0 saturated carbocycles. The Kier molecular flexibility index (Phi) is 3.29. The molecule has 0 fully saturated rings. The fourth-order valence-corrected chi connectivity index (χ4v) is 1.58. The van der Waals surface area contributed by atoms with Crippen LogP contribution in [0.4, 0.5) is 14.6 Å². The summed E-state index contributed by atoms with van der Waals surface area (Å²) in [5.74, 6) is -0.382. The summed E-state index contributed by atoms with van der Waals surface area (Å²) in [5, 5.41) is 10.4. The highest BCUT2D eigenvalue weighted by Gasteiger charge is 2.22. The van der Waals surface area contributed by atoms with Gasteiger partial charge < -0.3 is 10.1 Å². The van der Waals surface area contributed by atoms with Gasteiger partial charge in [0.1, 0.15) is 3.57 Å². The molecule has 7 heteroatoms. The first-order valence-electron chi connectivity index (χ1n) is 3.53. The molecule has 0 spiro atoms. The Labute approximate surface area is 91.6 Å². The molecule has 1 aromatic heterocycles. The van der Waals surface area contributed by atoms with E-state index in [1.54, 1.807) is 22.6 Å². The van der Waals surface area contributed by atoms with Crippen LogP contribution in [0.5, 0.6) is 0 Å².